The summed E-state index contributed by atoms with van der Waals surface area (Å²) in [6, 6.07) is 13.0. The molecule has 3 aromatic rings. The standard InChI is InChI=1S/C20H18ClN3O2S2/c1-3-16(25)23-14-10-12(9-8-11(14)2)22-20(27)24-19(26)18-17(21)13-6-4-5-7-15(13)28-18/h4-10H,3H2,1-2H3,(H,23,25)(H2,22,24,26,27). The van der Waals surface area contributed by atoms with Gasteiger partial charge < -0.3 is 10.6 Å². The Morgan fingerprint density at radius 1 is 1.14 bits per heavy atom. The maximum Gasteiger partial charge on any atom is 0.269 e. The van der Waals surface area contributed by atoms with Crippen molar-refractivity contribution in [3.63, 3.8) is 0 Å². The average Bonchev–Trinajstić information content (AvgIpc) is 3.01. The SMILES string of the molecule is CCC(=O)Nc1cc(NC(=S)NC(=O)c2sc3ccccc3c2Cl)ccc1C. The second-order valence-electron chi connectivity index (χ2n) is 6.08. The number of thiocarbonyl (C=S) groups is 1. The van der Waals surface area contributed by atoms with E-state index in [9.17, 15) is 9.59 Å². The van der Waals surface area contributed by atoms with Crippen molar-refractivity contribution in [1.29, 1.82) is 0 Å². The van der Waals surface area contributed by atoms with Crippen LogP contribution in [0.15, 0.2) is 42.5 Å². The Labute approximate surface area is 177 Å². The van der Waals surface area contributed by atoms with Crippen LogP contribution in [0.4, 0.5) is 11.4 Å². The molecular weight excluding hydrogens is 414 g/mol. The van der Waals surface area contributed by atoms with E-state index in [2.05, 4.69) is 16.0 Å². The van der Waals surface area contributed by atoms with Crippen molar-refractivity contribution in [1.82, 2.24) is 5.32 Å². The summed E-state index contributed by atoms with van der Waals surface area (Å²) >= 11 is 12.9. The number of carbonyl (C=O) groups excluding carboxylic acids is 2. The molecule has 0 saturated heterocycles. The molecule has 144 valence electrons. The van der Waals surface area contributed by atoms with Gasteiger partial charge in [0.1, 0.15) is 4.88 Å². The van der Waals surface area contributed by atoms with E-state index in [0.29, 0.717) is 27.7 Å². The van der Waals surface area contributed by atoms with E-state index in [1.165, 1.54) is 11.3 Å². The number of amides is 2. The van der Waals surface area contributed by atoms with Crippen LogP contribution in [0.3, 0.4) is 0 Å². The number of halogens is 1. The highest BCUT2D eigenvalue weighted by molar-refractivity contribution is 7.80. The van der Waals surface area contributed by atoms with Crippen LogP contribution in [-0.2, 0) is 4.79 Å². The summed E-state index contributed by atoms with van der Waals surface area (Å²) in [7, 11) is 0. The minimum atomic E-state index is -0.365. The number of fused-ring (bicyclic) bond motifs is 1. The van der Waals surface area contributed by atoms with Crippen LogP contribution in [0.5, 0.6) is 0 Å². The second-order valence-corrected chi connectivity index (χ2v) is 7.92. The summed E-state index contributed by atoms with van der Waals surface area (Å²) < 4.78 is 0.936. The van der Waals surface area contributed by atoms with Crippen LogP contribution in [0.1, 0.15) is 28.6 Å². The Kier molecular flexibility index (Phi) is 6.28. The summed E-state index contributed by atoms with van der Waals surface area (Å²) in [4.78, 5) is 24.6. The Balaban J connectivity index is 1.71. The third-order valence-electron chi connectivity index (χ3n) is 4.06. The topological polar surface area (TPSA) is 70.2 Å². The first kappa shape index (κ1) is 20.3. The van der Waals surface area contributed by atoms with Crippen molar-refractivity contribution in [2.24, 2.45) is 0 Å². The fraction of sp³-hybridized carbons (Fsp3) is 0.150. The lowest BCUT2D eigenvalue weighted by molar-refractivity contribution is -0.115. The van der Waals surface area contributed by atoms with Gasteiger partial charge in [0, 0.05) is 27.9 Å². The summed E-state index contributed by atoms with van der Waals surface area (Å²) in [6.07, 6.45) is 0.390. The van der Waals surface area contributed by atoms with Crippen molar-refractivity contribution in [3.8, 4) is 0 Å². The zero-order valence-corrected chi connectivity index (χ0v) is 17.6. The van der Waals surface area contributed by atoms with Gasteiger partial charge >= 0.3 is 0 Å². The summed E-state index contributed by atoms with van der Waals surface area (Å²) in [5.41, 5.74) is 2.28. The molecule has 0 bridgehead atoms. The molecule has 28 heavy (non-hydrogen) atoms. The van der Waals surface area contributed by atoms with E-state index in [4.69, 9.17) is 23.8 Å². The van der Waals surface area contributed by atoms with E-state index in [1.807, 2.05) is 43.3 Å². The third-order valence-corrected chi connectivity index (χ3v) is 5.94. The van der Waals surface area contributed by atoms with E-state index >= 15 is 0 Å². The third kappa shape index (κ3) is 4.49. The molecule has 0 atom stereocenters. The van der Waals surface area contributed by atoms with Gasteiger partial charge in [0.25, 0.3) is 5.91 Å². The van der Waals surface area contributed by atoms with Crippen LogP contribution < -0.4 is 16.0 Å². The minimum Gasteiger partial charge on any atom is -0.332 e. The Morgan fingerprint density at radius 2 is 1.89 bits per heavy atom. The lowest BCUT2D eigenvalue weighted by Crippen LogP contribution is -2.33. The number of carbonyl (C=O) groups is 2. The number of rotatable bonds is 4. The number of benzene rings is 2. The molecule has 0 aliphatic rings. The van der Waals surface area contributed by atoms with Crippen molar-refractivity contribution < 1.29 is 9.59 Å². The normalized spacial score (nSPS) is 10.5. The average molecular weight is 432 g/mol. The quantitative estimate of drug-likeness (QED) is 0.488. The molecule has 8 heteroatoms. The molecule has 1 heterocycles. The number of hydrogen-bond acceptors (Lipinski definition) is 4. The molecule has 0 aliphatic heterocycles. The first-order valence-corrected chi connectivity index (χ1v) is 10.2. The monoisotopic (exact) mass is 431 g/mol. The number of nitrogens with one attached hydrogen (secondary N) is 3. The molecule has 0 spiro atoms. The molecule has 1 aromatic heterocycles. The minimum absolute atomic E-state index is 0.0736. The van der Waals surface area contributed by atoms with Gasteiger partial charge in [-0.25, -0.2) is 0 Å². The number of thiophene rings is 1. The summed E-state index contributed by atoms with van der Waals surface area (Å²) in [5.74, 6) is -0.439. The number of hydrogen-bond donors (Lipinski definition) is 3. The molecule has 0 unspecified atom stereocenters. The van der Waals surface area contributed by atoms with Crippen molar-refractivity contribution in [2.75, 3.05) is 10.6 Å². The maximum atomic E-state index is 12.6. The fourth-order valence-electron chi connectivity index (χ4n) is 2.56. The second kappa shape index (κ2) is 8.68. The lowest BCUT2D eigenvalue weighted by atomic mass is 10.1. The summed E-state index contributed by atoms with van der Waals surface area (Å²) in [5, 5.41) is 9.86. The van der Waals surface area contributed by atoms with Crippen LogP contribution in [0.2, 0.25) is 5.02 Å². The van der Waals surface area contributed by atoms with Gasteiger partial charge in [0.05, 0.1) is 5.02 Å². The highest BCUT2D eigenvalue weighted by Crippen LogP contribution is 2.35. The molecule has 2 aromatic carbocycles. The van der Waals surface area contributed by atoms with Crippen LogP contribution >= 0.6 is 35.2 Å². The van der Waals surface area contributed by atoms with Gasteiger partial charge in [-0.15, -0.1) is 11.3 Å². The molecule has 0 aliphatic carbocycles. The van der Waals surface area contributed by atoms with Gasteiger partial charge in [-0.05, 0) is 42.9 Å². The molecule has 0 saturated carbocycles. The number of aryl methyl sites for hydroxylation is 1. The molecule has 0 radical (unpaired) electrons. The van der Waals surface area contributed by atoms with E-state index < -0.39 is 0 Å². The molecule has 5 nitrogen and oxygen atoms in total. The van der Waals surface area contributed by atoms with E-state index in [0.717, 1.165) is 15.6 Å². The Hall–Kier alpha value is -2.48. The van der Waals surface area contributed by atoms with Crippen LogP contribution in [-0.4, -0.2) is 16.9 Å². The van der Waals surface area contributed by atoms with E-state index in [-0.39, 0.29) is 16.9 Å². The molecule has 3 rings (SSSR count). The molecule has 2 amide bonds. The van der Waals surface area contributed by atoms with Crippen LogP contribution in [0, 0.1) is 6.92 Å². The fourth-order valence-corrected chi connectivity index (χ4v) is 4.18. The number of anilines is 2. The van der Waals surface area contributed by atoms with Gasteiger partial charge in [-0.3, -0.25) is 14.9 Å². The van der Waals surface area contributed by atoms with Gasteiger partial charge in [-0.1, -0.05) is 42.8 Å². The van der Waals surface area contributed by atoms with Gasteiger partial charge in [0.15, 0.2) is 5.11 Å². The zero-order chi connectivity index (χ0) is 20.3. The highest BCUT2D eigenvalue weighted by atomic mass is 35.5. The van der Waals surface area contributed by atoms with Gasteiger partial charge in [0.2, 0.25) is 5.91 Å². The van der Waals surface area contributed by atoms with Crippen LogP contribution in [0.25, 0.3) is 10.1 Å². The first-order valence-electron chi connectivity index (χ1n) is 8.59. The smallest absolute Gasteiger partial charge is 0.269 e. The lowest BCUT2D eigenvalue weighted by Gasteiger charge is -2.13. The van der Waals surface area contributed by atoms with Crippen molar-refractivity contribution in [3.05, 3.63) is 57.9 Å². The Bertz CT molecular complexity index is 1080. The van der Waals surface area contributed by atoms with Gasteiger partial charge in [-0.2, -0.15) is 0 Å². The first-order chi connectivity index (χ1) is 13.4. The highest BCUT2D eigenvalue weighted by Gasteiger charge is 2.18. The van der Waals surface area contributed by atoms with Crippen molar-refractivity contribution >= 4 is 73.5 Å². The zero-order valence-electron chi connectivity index (χ0n) is 15.3. The summed E-state index contributed by atoms with van der Waals surface area (Å²) in [6.45, 7) is 3.69. The Morgan fingerprint density at radius 3 is 2.61 bits per heavy atom. The molecular formula is C20H18ClN3O2S2. The predicted molar refractivity (Wildman–Crippen MR) is 121 cm³/mol. The largest absolute Gasteiger partial charge is 0.332 e. The molecule has 3 N–H and O–H groups in total. The predicted octanol–water partition coefficient (Wildman–Crippen LogP) is 5.34. The molecule has 0 fully saturated rings. The van der Waals surface area contributed by atoms with Crippen molar-refractivity contribution in [2.45, 2.75) is 20.3 Å². The van der Waals surface area contributed by atoms with E-state index in [1.54, 1.807) is 13.0 Å². The maximum absolute atomic E-state index is 12.6.